The minimum absolute atomic E-state index is 0.113. The van der Waals surface area contributed by atoms with Crippen LogP contribution in [0.2, 0.25) is 0 Å². The monoisotopic (exact) mass is 430 g/mol. The van der Waals surface area contributed by atoms with Crippen LogP contribution < -0.4 is 5.32 Å². The Labute approximate surface area is 182 Å². The molecule has 0 saturated carbocycles. The maximum absolute atomic E-state index is 12.6. The molecule has 0 spiro atoms. The van der Waals surface area contributed by atoms with E-state index >= 15 is 0 Å². The number of nitrogens with zero attached hydrogens (tertiary/aromatic N) is 1. The molecule has 3 aliphatic rings. The van der Waals surface area contributed by atoms with Gasteiger partial charge in [0.15, 0.2) is 0 Å². The van der Waals surface area contributed by atoms with Crippen LogP contribution >= 0.6 is 11.8 Å². The second-order valence-corrected chi connectivity index (χ2v) is 9.26. The average Bonchev–Trinajstić information content (AvgIpc) is 3.33. The Kier molecular flexibility index (Phi) is 6.83. The predicted molar refractivity (Wildman–Crippen MR) is 118 cm³/mol. The van der Waals surface area contributed by atoms with Gasteiger partial charge in [0, 0.05) is 23.1 Å². The first-order valence-corrected chi connectivity index (χ1v) is 11.7. The summed E-state index contributed by atoms with van der Waals surface area (Å²) in [6.07, 6.45) is 8.40. The van der Waals surface area contributed by atoms with Gasteiger partial charge in [0.1, 0.15) is 17.7 Å². The van der Waals surface area contributed by atoms with Gasteiger partial charge in [-0.1, -0.05) is 62.2 Å². The number of benzene rings is 1. The molecule has 7 heteroatoms. The molecule has 1 aromatic rings. The molecule has 4 atom stereocenters. The van der Waals surface area contributed by atoms with Crippen LogP contribution in [0.3, 0.4) is 0 Å². The largest absolute Gasteiger partial charge is 0.394 e. The minimum atomic E-state index is -0.770. The number of unbranched alkanes of at least 4 members (excludes halogenated alkanes) is 3. The Bertz CT molecular complexity index is 823. The molecule has 4 rings (SSSR count). The number of rotatable bonds is 8. The second-order valence-electron chi connectivity index (χ2n) is 8.11. The van der Waals surface area contributed by atoms with E-state index in [0.717, 1.165) is 22.5 Å². The molecule has 0 radical (unpaired) electrons. The van der Waals surface area contributed by atoms with Crippen LogP contribution in [0.15, 0.2) is 42.1 Å². The third-order valence-corrected chi connectivity index (χ3v) is 7.11. The maximum atomic E-state index is 12.6. The molecule has 3 aliphatic heterocycles. The van der Waals surface area contributed by atoms with Crippen molar-refractivity contribution in [1.82, 2.24) is 10.2 Å². The first-order valence-electron chi connectivity index (χ1n) is 10.8. The molecule has 0 bridgehead atoms. The lowest BCUT2D eigenvalue weighted by atomic mass is 10.0. The lowest BCUT2D eigenvalue weighted by Crippen LogP contribution is -2.49. The lowest BCUT2D eigenvalue weighted by Gasteiger charge is -2.32. The van der Waals surface area contributed by atoms with E-state index in [0.29, 0.717) is 0 Å². The lowest BCUT2D eigenvalue weighted by molar-refractivity contribution is -0.0541. The quantitative estimate of drug-likeness (QED) is 0.549. The van der Waals surface area contributed by atoms with Gasteiger partial charge in [-0.25, -0.2) is 4.79 Å². The summed E-state index contributed by atoms with van der Waals surface area (Å²) >= 11 is 1.64. The molecule has 1 unspecified atom stereocenters. The zero-order valence-corrected chi connectivity index (χ0v) is 18.1. The van der Waals surface area contributed by atoms with E-state index in [4.69, 9.17) is 4.74 Å². The van der Waals surface area contributed by atoms with Crippen molar-refractivity contribution >= 4 is 22.7 Å². The fourth-order valence-corrected chi connectivity index (χ4v) is 5.24. The van der Waals surface area contributed by atoms with Crippen molar-refractivity contribution < 1.29 is 19.7 Å². The van der Waals surface area contributed by atoms with Crippen LogP contribution in [0.25, 0.3) is 4.91 Å². The van der Waals surface area contributed by atoms with Crippen LogP contribution in [0, 0.1) is 0 Å². The fraction of sp³-hybridized carbons (Fsp3) is 0.522. The normalized spacial score (nSPS) is 28.2. The number of carbonyl (C=O) groups excluding carboxylic acids is 1. The standard InChI is InChI=1S/C23H30N2O4S/c1-2-3-4-5-6-15-7-9-16(10-8-15)20-11-17-13-25(23(28)24-22(17)30-20)21-12-18(27)19(14-26)29-21/h7-11,13,18-19,21-22,26-27H,2-6,12,14H2,1H3,(H,24,28)/t18-,19+,21+,22?/m0/s1. The molecule has 1 aromatic carbocycles. The molecular formula is C23H30N2O4S. The zero-order valence-electron chi connectivity index (χ0n) is 17.3. The third-order valence-electron chi connectivity index (χ3n) is 5.87. The van der Waals surface area contributed by atoms with Gasteiger partial charge in [0.05, 0.1) is 12.7 Å². The number of aliphatic hydroxyl groups excluding tert-OH is 2. The van der Waals surface area contributed by atoms with Crippen molar-refractivity contribution in [1.29, 1.82) is 0 Å². The van der Waals surface area contributed by atoms with Crippen molar-refractivity contribution in [3.05, 3.63) is 53.2 Å². The van der Waals surface area contributed by atoms with Gasteiger partial charge >= 0.3 is 6.03 Å². The number of carbonyl (C=O) groups is 1. The number of hydrogen-bond acceptors (Lipinski definition) is 5. The smallest absolute Gasteiger partial charge is 0.324 e. The van der Waals surface area contributed by atoms with E-state index in [-0.39, 0.29) is 24.4 Å². The highest BCUT2D eigenvalue weighted by molar-refractivity contribution is 8.09. The maximum Gasteiger partial charge on any atom is 0.324 e. The van der Waals surface area contributed by atoms with Crippen LogP contribution in [-0.2, 0) is 11.2 Å². The molecule has 162 valence electrons. The van der Waals surface area contributed by atoms with E-state index < -0.39 is 18.4 Å². The summed E-state index contributed by atoms with van der Waals surface area (Å²) in [6, 6.07) is 8.48. The predicted octanol–water partition coefficient (Wildman–Crippen LogP) is 3.60. The Morgan fingerprint density at radius 1 is 1.23 bits per heavy atom. The summed E-state index contributed by atoms with van der Waals surface area (Å²) in [5.41, 5.74) is 3.52. The minimum Gasteiger partial charge on any atom is -0.394 e. The van der Waals surface area contributed by atoms with E-state index in [1.807, 2.05) is 6.20 Å². The Morgan fingerprint density at radius 2 is 2.03 bits per heavy atom. The Morgan fingerprint density at radius 3 is 2.73 bits per heavy atom. The number of thioether (sulfide) groups is 1. The number of aryl methyl sites for hydroxylation is 1. The number of hydrogen-bond donors (Lipinski definition) is 3. The number of urea groups is 1. The van der Waals surface area contributed by atoms with Crippen LogP contribution in [0.1, 0.15) is 50.2 Å². The van der Waals surface area contributed by atoms with Gasteiger partial charge in [-0.15, -0.1) is 0 Å². The van der Waals surface area contributed by atoms with Crippen molar-refractivity contribution in [3.8, 4) is 0 Å². The number of fused-ring (bicyclic) bond motifs is 1. The van der Waals surface area contributed by atoms with Gasteiger partial charge in [-0.2, -0.15) is 0 Å². The fourth-order valence-electron chi connectivity index (χ4n) is 4.09. The van der Waals surface area contributed by atoms with Crippen molar-refractivity contribution in [2.24, 2.45) is 0 Å². The first-order chi connectivity index (χ1) is 14.6. The molecule has 3 heterocycles. The number of nitrogens with one attached hydrogen (secondary N) is 1. The van der Waals surface area contributed by atoms with Gasteiger partial charge in [0.2, 0.25) is 0 Å². The highest BCUT2D eigenvalue weighted by Crippen LogP contribution is 2.43. The molecule has 1 saturated heterocycles. The Balaban J connectivity index is 1.43. The Hall–Kier alpha value is -1.80. The summed E-state index contributed by atoms with van der Waals surface area (Å²) in [5.74, 6) is 0. The van der Waals surface area contributed by atoms with Crippen LogP contribution in [0.5, 0.6) is 0 Å². The van der Waals surface area contributed by atoms with Gasteiger partial charge in [-0.3, -0.25) is 4.90 Å². The summed E-state index contributed by atoms with van der Waals surface area (Å²) in [4.78, 5) is 15.2. The van der Waals surface area contributed by atoms with E-state index in [1.165, 1.54) is 36.1 Å². The van der Waals surface area contributed by atoms with Crippen molar-refractivity contribution in [2.75, 3.05) is 6.61 Å². The van der Waals surface area contributed by atoms with Crippen LogP contribution in [-0.4, -0.2) is 51.6 Å². The number of aliphatic hydroxyl groups is 2. The highest BCUT2D eigenvalue weighted by atomic mass is 32.2. The van der Waals surface area contributed by atoms with E-state index in [1.54, 1.807) is 11.8 Å². The molecule has 1 fully saturated rings. The summed E-state index contributed by atoms with van der Waals surface area (Å²) < 4.78 is 5.65. The molecule has 2 amide bonds. The highest BCUT2D eigenvalue weighted by Gasteiger charge is 2.41. The van der Waals surface area contributed by atoms with Gasteiger partial charge < -0.3 is 20.3 Å². The van der Waals surface area contributed by atoms with Gasteiger partial charge in [0.25, 0.3) is 0 Å². The molecule has 30 heavy (non-hydrogen) atoms. The summed E-state index contributed by atoms with van der Waals surface area (Å²) in [7, 11) is 0. The average molecular weight is 431 g/mol. The first kappa shape index (κ1) is 21.4. The van der Waals surface area contributed by atoms with Crippen molar-refractivity contribution in [3.63, 3.8) is 0 Å². The number of ether oxygens (including phenoxy) is 1. The second kappa shape index (κ2) is 9.56. The molecule has 0 aromatic heterocycles. The third kappa shape index (κ3) is 4.59. The molecule has 0 aliphatic carbocycles. The number of amides is 2. The van der Waals surface area contributed by atoms with Crippen LogP contribution in [0.4, 0.5) is 4.79 Å². The molecular weight excluding hydrogens is 400 g/mol. The van der Waals surface area contributed by atoms with Crippen molar-refractivity contribution in [2.45, 2.75) is 69.3 Å². The topological polar surface area (TPSA) is 82.0 Å². The zero-order chi connectivity index (χ0) is 21.1. The molecule has 3 N–H and O–H groups in total. The summed E-state index contributed by atoms with van der Waals surface area (Å²) in [5, 5.41) is 22.2. The molecule has 6 nitrogen and oxygen atoms in total. The van der Waals surface area contributed by atoms with Gasteiger partial charge in [-0.05, 0) is 30.0 Å². The SMILES string of the molecule is CCCCCCc1ccc(C2=CC3=CN([C@H]4C[C@H](O)[C@@H](CO)O4)C(=O)NC3S2)cc1. The summed E-state index contributed by atoms with van der Waals surface area (Å²) in [6.45, 7) is 1.97. The van der Waals surface area contributed by atoms with E-state index in [2.05, 4.69) is 42.6 Å². The van der Waals surface area contributed by atoms with E-state index in [9.17, 15) is 15.0 Å².